The molecule has 0 amide bonds. The molecule has 0 heterocycles. The van der Waals surface area contributed by atoms with E-state index in [1.165, 1.54) is 0 Å². The molecule has 0 aromatic heterocycles. The summed E-state index contributed by atoms with van der Waals surface area (Å²) in [6.45, 7) is 4.17. The summed E-state index contributed by atoms with van der Waals surface area (Å²) in [7, 11) is -0.639. The second-order valence-corrected chi connectivity index (χ2v) is 3.73. The van der Waals surface area contributed by atoms with Crippen LogP contribution in [0.15, 0.2) is 0 Å². The summed E-state index contributed by atoms with van der Waals surface area (Å²) in [6, 6.07) is 0. The Balaban J connectivity index is 0. The predicted molar refractivity (Wildman–Crippen MR) is 24.2 cm³/mol. The standard InChI is InChI=1S/C2H9NSi/c1-4(2)3/h4H,3H2,1-2H3/p+1. The van der Waals surface area contributed by atoms with E-state index in [0.717, 1.165) is 0 Å². The van der Waals surface area contributed by atoms with Gasteiger partial charge in [0.25, 0.3) is 0 Å². The van der Waals surface area contributed by atoms with Gasteiger partial charge < -0.3 is 5.40 Å². The Morgan fingerprint density at radius 2 is 1.75 bits per heavy atom. The Labute approximate surface area is 30.0 Å². The highest BCUT2D eigenvalue weighted by molar-refractivity contribution is 6.51. The molecule has 1 nitrogen and oxygen atoms in total. The molecule has 0 fully saturated rings. The molecule has 0 bridgehead atoms. The lowest BCUT2D eigenvalue weighted by atomic mass is 11.9. The van der Waals surface area contributed by atoms with Gasteiger partial charge in [0, 0.05) is 0 Å². The number of nitrogens with two attached hydrogens (primary N) is 1. The van der Waals surface area contributed by atoms with Crippen LogP contribution in [-0.2, 0) is 0 Å². The predicted octanol–water partition coefficient (Wildman–Crippen LogP) is 0.0410. The fourth-order valence-electron chi connectivity index (χ4n) is 0. The van der Waals surface area contributed by atoms with Gasteiger partial charge in [-0.15, -0.1) is 0 Å². The molecule has 0 atom stereocenters. The minimum Gasteiger partial charge on any atom is -0.353 e. The smallest absolute Gasteiger partial charge is 0.353 e. The average Bonchev–Trinajstić information content (AvgIpc) is 0.811. The maximum atomic E-state index is 5.25. The SMILES string of the molecule is C[SiH](C)N.[H+]. The van der Waals surface area contributed by atoms with Crippen LogP contribution in [0.5, 0.6) is 0 Å². The number of hydrogen-bond acceptors (Lipinski definition) is 1. The van der Waals surface area contributed by atoms with Crippen LogP contribution in [0.2, 0.25) is 13.1 Å². The van der Waals surface area contributed by atoms with Gasteiger partial charge in [-0.3, -0.25) is 0 Å². The first-order valence-electron chi connectivity index (χ1n) is 1.49. The van der Waals surface area contributed by atoms with E-state index in [1.807, 2.05) is 0 Å². The van der Waals surface area contributed by atoms with Gasteiger partial charge >= 0.3 is 1.43 Å². The van der Waals surface area contributed by atoms with Crippen molar-refractivity contribution in [3.63, 3.8) is 0 Å². The van der Waals surface area contributed by atoms with Gasteiger partial charge in [-0.2, -0.15) is 0 Å². The van der Waals surface area contributed by atoms with Crippen molar-refractivity contribution in [1.82, 2.24) is 0 Å². The summed E-state index contributed by atoms with van der Waals surface area (Å²) in [5, 5.41) is 5.25. The van der Waals surface area contributed by atoms with Gasteiger partial charge in [-0.1, -0.05) is 13.1 Å². The zero-order valence-corrected chi connectivity index (χ0v) is 4.31. The Morgan fingerprint density at radius 3 is 1.75 bits per heavy atom. The average molecular weight is 76.2 g/mol. The van der Waals surface area contributed by atoms with Crippen LogP contribution < -0.4 is 5.40 Å². The molecule has 0 spiro atoms. The quantitative estimate of drug-likeness (QED) is 0.405. The molecule has 2 N–H and O–H groups in total. The third-order valence-corrected chi connectivity index (χ3v) is 0. The molecule has 0 unspecified atom stereocenters. The van der Waals surface area contributed by atoms with Crippen LogP contribution in [0, 0.1) is 0 Å². The van der Waals surface area contributed by atoms with Gasteiger partial charge in [-0.25, -0.2) is 0 Å². The van der Waals surface area contributed by atoms with E-state index < -0.39 is 8.96 Å². The molecule has 2 heteroatoms. The van der Waals surface area contributed by atoms with Gasteiger partial charge in [0.2, 0.25) is 0 Å². The van der Waals surface area contributed by atoms with Crippen molar-refractivity contribution in [3.8, 4) is 0 Å². The third-order valence-electron chi connectivity index (χ3n) is 0. The Morgan fingerprint density at radius 1 is 1.75 bits per heavy atom. The van der Waals surface area contributed by atoms with E-state index >= 15 is 0 Å². The molecule has 0 rings (SSSR count). The first-order valence-corrected chi connectivity index (χ1v) is 4.46. The summed E-state index contributed by atoms with van der Waals surface area (Å²) in [6.07, 6.45) is 0. The lowest BCUT2D eigenvalue weighted by Gasteiger charge is -1.77. The van der Waals surface area contributed by atoms with E-state index in [-0.39, 0.29) is 1.43 Å². The summed E-state index contributed by atoms with van der Waals surface area (Å²) in [5.41, 5.74) is 0. The monoisotopic (exact) mass is 76.1 g/mol. The van der Waals surface area contributed by atoms with Gasteiger partial charge in [-0.05, 0) is 0 Å². The Kier molecular flexibility index (Phi) is 1.56. The minimum atomic E-state index is -0.639. The Hall–Kier alpha value is 0.177. The van der Waals surface area contributed by atoms with E-state index in [2.05, 4.69) is 13.1 Å². The van der Waals surface area contributed by atoms with E-state index in [0.29, 0.717) is 0 Å². The van der Waals surface area contributed by atoms with Crippen molar-refractivity contribution in [2.24, 2.45) is 5.40 Å². The van der Waals surface area contributed by atoms with Crippen LogP contribution in [0.4, 0.5) is 0 Å². The molecule has 4 heavy (non-hydrogen) atoms. The number of rotatable bonds is 0. The first-order chi connectivity index (χ1) is 1.73. The second kappa shape index (κ2) is 1.49. The van der Waals surface area contributed by atoms with Gasteiger partial charge in [0.15, 0.2) is 0 Å². The highest BCUT2D eigenvalue weighted by Gasteiger charge is 1.71. The molecule has 0 radical (unpaired) electrons. The van der Waals surface area contributed by atoms with Gasteiger partial charge in [0.1, 0.15) is 0 Å². The fourth-order valence-corrected chi connectivity index (χ4v) is 0. The second-order valence-electron chi connectivity index (χ2n) is 1.24. The van der Waals surface area contributed by atoms with Crippen LogP contribution >= 0.6 is 0 Å². The van der Waals surface area contributed by atoms with Gasteiger partial charge in [0.05, 0.1) is 8.96 Å². The fraction of sp³-hybridized carbons (Fsp3) is 1.00. The zero-order valence-electron chi connectivity index (χ0n) is 4.15. The number of hydrogen-bond donors (Lipinski definition) is 1. The van der Waals surface area contributed by atoms with Crippen molar-refractivity contribution in [3.05, 3.63) is 0 Å². The molecule has 0 aliphatic carbocycles. The lowest BCUT2D eigenvalue weighted by Crippen LogP contribution is -2.13. The molecule has 0 aliphatic heterocycles. The topological polar surface area (TPSA) is 26.0 Å². The Bertz CT molecular complexity index is 14.4. The van der Waals surface area contributed by atoms with E-state index in [4.69, 9.17) is 5.40 Å². The van der Waals surface area contributed by atoms with Crippen LogP contribution in [0.3, 0.4) is 0 Å². The molecule has 0 saturated heterocycles. The van der Waals surface area contributed by atoms with Crippen LogP contribution in [0.1, 0.15) is 1.43 Å². The highest BCUT2D eigenvalue weighted by atomic mass is 28.3. The summed E-state index contributed by atoms with van der Waals surface area (Å²) in [4.78, 5) is 0. The summed E-state index contributed by atoms with van der Waals surface area (Å²) < 4.78 is 0. The highest BCUT2D eigenvalue weighted by Crippen LogP contribution is 1.53. The molecule has 0 aromatic carbocycles. The van der Waals surface area contributed by atoms with E-state index in [1.54, 1.807) is 0 Å². The van der Waals surface area contributed by atoms with Crippen molar-refractivity contribution < 1.29 is 1.43 Å². The molecule has 26 valence electrons. The zero-order chi connectivity index (χ0) is 3.58. The molecular weight excluding hydrogens is 66.1 g/mol. The summed E-state index contributed by atoms with van der Waals surface area (Å²) in [5.74, 6) is 0. The maximum Gasteiger partial charge on any atom is 1.00 e. The largest absolute Gasteiger partial charge is 1.00 e. The van der Waals surface area contributed by atoms with Crippen molar-refractivity contribution in [2.75, 3.05) is 0 Å². The first kappa shape index (κ1) is 4.18. The van der Waals surface area contributed by atoms with Crippen molar-refractivity contribution in [2.45, 2.75) is 13.1 Å². The molecule has 0 saturated carbocycles. The lowest BCUT2D eigenvalue weighted by molar-refractivity contribution is 1.74. The van der Waals surface area contributed by atoms with Crippen molar-refractivity contribution >= 4 is 8.96 Å². The van der Waals surface area contributed by atoms with Crippen LogP contribution in [-0.4, -0.2) is 8.96 Å². The normalized spacial score (nSPS) is 9.00. The van der Waals surface area contributed by atoms with Crippen LogP contribution in [0.25, 0.3) is 0 Å². The third kappa shape index (κ3) is 96.4. The van der Waals surface area contributed by atoms with Crippen molar-refractivity contribution in [1.29, 1.82) is 0 Å². The van der Waals surface area contributed by atoms with E-state index in [9.17, 15) is 0 Å². The minimum absolute atomic E-state index is 0. The summed E-state index contributed by atoms with van der Waals surface area (Å²) >= 11 is 0. The molecular formula is C2H10NSi+. The maximum absolute atomic E-state index is 5.25. The molecule has 0 aliphatic rings. The molecule has 0 aromatic rings.